The molecule has 0 saturated carbocycles. The Labute approximate surface area is 238 Å². The minimum atomic E-state index is -4.61. The van der Waals surface area contributed by atoms with Crippen LogP contribution in [0.2, 0.25) is 0 Å². The first kappa shape index (κ1) is 28.1. The van der Waals surface area contributed by atoms with Crippen LogP contribution in [0.3, 0.4) is 0 Å². The van der Waals surface area contributed by atoms with E-state index in [4.69, 9.17) is 5.73 Å². The molecule has 0 spiro atoms. The number of nitrogen functional groups attached to an aromatic ring is 1. The fourth-order valence-electron chi connectivity index (χ4n) is 4.88. The van der Waals surface area contributed by atoms with E-state index in [9.17, 15) is 27.6 Å². The maximum Gasteiger partial charge on any atom is 0.416 e. The number of nitrogens with two attached hydrogens (primary N) is 1. The minimum absolute atomic E-state index is 0.0234. The lowest BCUT2D eigenvalue weighted by molar-refractivity contribution is -0.137. The molecule has 0 radical (unpaired) electrons. The summed E-state index contributed by atoms with van der Waals surface area (Å²) in [5.41, 5.74) is 5.55. The van der Waals surface area contributed by atoms with E-state index in [1.165, 1.54) is 22.6 Å². The number of carbonyl (C=O) groups excluding carboxylic acids is 3. The van der Waals surface area contributed by atoms with Crippen molar-refractivity contribution in [3.8, 4) is 0 Å². The maximum absolute atomic E-state index is 13.7. The molecule has 214 valence electrons. The Morgan fingerprint density at radius 2 is 1.98 bits per heavy atom. The number of hydrogen-bond donors (Lipinski definition) is 3. The van der Waals surface area contributed by atoms with Gasteiger partial charge in [0.25, 0.3) is 0 Å². The fourth-order valence-corrected chi connectivity index (χ4v) is 5.22. The number of alkyl halides is 3. The number of anilines is 2. The lowest BCUT2D eigenvalue weighted by Gasteiger charge is -2.24. The average molecular weight is 635 g/mol. The molecule has 3 amide bonds. The molecule has 0 bridgehead atoms. The summed E-state index contributed by atoms with van der Waals surface area (Å²) in [6, 6.07) is 6.39. The number of aromatic nitrogens is 4. The Kier molecular flexibility index (Phi) is 7.42. The molecule has 4 N–H and O–H groups in total. The predicted molar refractivity (Wildman–Crippen MR) is 144 cm³/mol. The summed E-state index contributed by atoms with van der Waals surface area (Å²) in [6.45, 7) is -0.407. The molecule has 12 nitrogen and oxygen atoms in total. The molecule has 0 aliphatic carbocycles. The Bertz CT molecular complexity index is 1680. The van der Waals surface area contributed by atoms with Gasteiger partial charge in [0.15, 0.2) is 0 Å². The summed E-state index contributed by atoms with van der Waals surface area (Å²) in [5.74, 6) is -0.886. The molecule has 1 saturated heterocycles. The topological polar surface area (TPSA) is 157 Å². The smallest absolute Gasteiger partial charge is 0.416 e. The first-order valence-electron chi connectivity index (χ1n) is 12.1. The van der Waals surface area contributed by atoms with Crippen LogP contribution >= 0.6 is 15.9 Å². The second-order valence-electron chi connectivity index (χ2n) is 9.24. The highest BCUT2D eigenvalue weighted by Gasteiger charge is 2.41. The van der Waals surface area contributed by atoms with E-state index in [2.05, 4.69) is 46.3 Å². The van der Waals surface area contributed by atoms with E-state index >= 15 is 0 Å². The zero-order valence-electron chi connectivity index (χ0n) is 21.3. The van der Waals surface area contributed by atoms with E-state index in [-0.39, 0.29) is 53.1 Å². The Balaban J connectivity index is 1.50. The number of hydrogen-bond acceptors (Lipinski definition) is 8. The third-order valence-corrected chi connectivity index (χ3v) is 7.13. The van der Waals surface area contributed by atoms with Gasteiger partial charge in [-0.25, -0.2) is 19.7 Å². The van der Waals surface area contributed by atoms with Crippen molar-refractivity contribution >= 4 is 67.4 Å². The van der Waals surface area contributed by atoms with E-state index in [1.54, 1.807) is 18.2 Å². The number of nitrogens with zero attached hydrogens (tertiary/aromatic N) is 5. The zero-order chi connectivity index (χ0) is 29.5. The number of pyridine rings is 1. The summed E-state index contributed by atoms with van der Waals surface area (Å²) in [4.78, 5) is 52.5. The fraction of sp³-hybridized carbons (Fsp3) is 0.280. The van der Waals surface area contributed by atoms with E-state index < -0.39 is 41.7 Å². The molecule has 41 heavy (non-hydrogen) atoms. The number of nitrogens with one attached hydrogen (secondary N) is 2. The van der Waals surface area contributed by atoms with Gasteiger partial charge in [0.1, 0.15) is 40.8 Å². The molecule has 4 heterocycles. The number of benzene rings is 1. The minimum Gasteiger partial charge on any atom is -0.453 e. The number of ether oxygens (including phenoxy) is 1. The van der Waals surface area contributed by atoms with Gasteiger partial charge in [0.2, 0.25) is 11.8 Å². The van der Waals surface area contributed by atoms with Crippen LogP contribution in [0.4, 0.5) is 29.6 Å². The monoisotopic (exact) mass is 634 g/mol. The molecule has 3 aromatic heterocycles. The van der Waals surface area contributed by atoms with Gasteiger partial charge in [-0.15, -0.1) is 0 Å². The van der Waals surface area contributed by atoms with Crippen LogP contribution in [-0.2, 0) is 27.0 Å². The van der Waals surface area contributed by atoms with Gasteiger partial charge in [0.05, 0.1) is 29.6 Å². The Hall–Kier alpha value is -4.47. The second-order valence-corrected chi connectivity index (χ2v) is 10.1. The van der Waals surface area contributed by atoms with E-state index in [0.717, 1.165) is 18.5 Å². The number of amides is 3. The average Bonchev–Trinajstić information content (AvgIpc) is 3.48. The van der Waals surface area contributed by atoms with Crippen molar-refractivity contribution in [1.82, 2.24) is 29.7 Å². The van der Waals surface area contributed by atoms with Crippen LogP contribution in [0.25, 0.3) is 21.9 Å². The molecule has 1 fully saturated rings. The molecular weight excluding hydrogens is 613 g/mol. The molecule has 16 heteroatoms. The van der Waals surface area contributed by atoms with Crippen molar-refractivity contribution in [2.75, 3.05) is 24.7 Å². The summed E-state index contributed by atoms with van der Waals surface area (Å²) in [7, 11) is 1.19. The van der Waals surface area contributed by atoms with Crippen molar-refractivity contribution in [2.45, 2.75) is 31.2 Å². The van der Waals surface area contributed by atoms with Gasteiger partial charge >= 0.3 is 12.3 Å². The zero-order valence-corrected chi connectivity index (χ0v) is 22.9. The van der Waals surface area contributed by atoms with Crippen molar-refractivity contribution in [1.29, 1.82) is 0 Å². The van der Waals surface area contributed by atoms with Gasteiger partial charge in [-0.2, -0.15) is 13.2 Å². The molecule has 4 aromatic rings. The number of halogens is 4. The van der Waals surface area contributed by atoms with Gasteiger partial charge in [0, 0.05) is 11.9 Å². The Morgan fingerprint density at radius 3 is 2.68 bits per heavy atom. The molecule has 5 rings (SSSR count). The number of fused-ring (bicyclic) bond motifs is 3. The second kappa shape index (κ2) is 10.8. The van der Waals surface area contributed by atoms with Gasteiger partial charge < -0.3 is 30.6 Å². The largest absolute Gasteiger partial charge is 0.453 e. The van der Waals surface area contributed by atoms with Gasteiger partial charge in [-0.05, 0) is 52.7 Å². The van der Waals surface area contributed by atoms with Gasteiger partial charge in [-0.1, -0.05) is 6.07 Å². The van der Waals surface area contributed by atoms with Crippen LogP contribution in [-0.4, -0.2) is 68.1 Å². The molecule has 1 aromatic carbocycles. The highest BCUT2D eigenvalue weighted by Crippen LogP contribution is 2.36. The normalized spacial score (nSPS) is 17.1. The highest BCUT2D eigenvalue weighted by atomic mass is 79.9. The SMILES string of the molecule is COC(=O)N[C@H]1C[C@@H](C(=O)Nc2cccc(Br)n2)N(C(=O)Cn2c3ccc(C(F)(F)F)cc3c3c(N)ncnc32)C1. The van der Waals surface area contributed by atoms with Gasteiger partial charge in [-0.3, -0.25) is 9.59 Å². The van der Waals surface area contributed by atoms with Crippen LogP contribution < -0.4 is 16.4 Å². The quantitative estimate of drug-likeness (QED) is 0.282. The van der Waals surface area contributed by atoms with Crippen molar-refractivity contribution in [3.05, 3.63) is 52.9 Å². The first-order chi connectivity index (χ1) is 19.5. The third-order valence-electron chi connectivity index (χ3n) is 6.69. The number of carbonyl (C=O) groups is 3. The highest BCUT2D eigenvalue weighted by molar-refractivity contribution is 9.10. The molecule has 0 unspecified atom stereocenters. The van der Waals surface area contributed by atoms with Crippen LogP contribution in [0.15, 0.2) is 47.3 Å². The standard InChI is InChI=1S/C25H22BrF3N8O4/c1-41-24(40)33-13-8-16(23(39)35-18-4-2-3-17(26)34-18)36(9-13)19(38)10-37-15-6-5-12(25(27,28)29)7-14(15)20-21(30)31-11-32-22(20)37/h2-7,11,13,16H,8-10H2,1H3,(H,33,40)(H2,30,31,32)(H,34,35,39)/t13-,16-/m0/s1. The molecule has 1 aliphatic heterocycles. The first-order valence-corrected chi connectivity index (χ1v) is 12.9. The predicted octanol–water partition coefficient (Wildman–Crippen LogP) is 3.31. The van der Waals surface area contributed by atoms with Crippen molar-refractivity contribution in [2.24, 2.45) is 0 Å². The summed E-state index contributed by atoms with van der Waals surface area (Å²) < 4.78 is 47.0. The molecule has 1 aliphatic rings. The van der Waals surface area contributed by atoms with E-state index in [0.29, 0.717) is 4.60 Å². The summed E-state index contributed by atoms with van der Waals surface area (Å²) >= 11 is 3.24. The van der Waals surface area contributed by atoms with Crippen molar-refractivity contribution < 1.29 is 32.3 Å². The maximum atomic E-state index is 13.7. The van der Waals surface area contributed by atoms with Crippen LogP contribution in [0.1, 0.15) is 12.0 Å². The number of likely N-dealkylation sites (tertiary alicyclic amines) is 1. The number of rotatable bonds is 5. The molecular formula is C25H22BrF3N8O4. The van der Waals surface area contributed by atoms with Crippen LogP contribution in [0.5, 0.6) is 0 Å². The third kappa shape index (κ3) is 5.59. The molecule has 2 atom stereocenters. The Morgan fingerprint density at radius 1 is 1.20 bits per heavy atom. The number of alkyl carbamates (subject to hydrolysis) is 1. The lowest BCUT2D eigenvalue weighted by atomic mass is 10.1. The van der Waals surface area contributed by atoms with E-state index in [1.807, 2.05) is 0 Å². The van der Waals surface area contributed by atoms with Crippen LogP contribution in [0, 0.1) is 0 Å². The number of methoxy groups -OCH3 is 1. The summed E-state index contributed by atoms with van der Waals surface area (Å²) in [5, 5.41) is 5.58. The summed E-state index contributed by atoms with van der Waals surface area (Å²) in [6.07, 6.45) is -4.11. The van der Waals surface area contributed by atoms with Crippen molar-refractivity contribution in [3.63, 3.8) is 0 Å². The lowest BCUT2D eigenvalue weighted by Crippen LogP contribution is -2.45.